The molecule has 75 heavy (non-hydrogen) atoms. The van der Waals surface area contributed by atoms with Crippen LogP contribution in [0.1, 0.15) is 309 Å². The molecule has 6 N–H and O–H groups in total. The van der Waals surface area contributed by atoms with E-state index in [2.05, 4.69) is 31.3 Å². The number of aliphatic hydroxyl groups is 5. The zero-order chi connectivity index (χ0) is 54.5. The SMILES string of the molecule is CCCCCC/C=C/CC/C=C/C(O)C(COC1OC(CO)C(O)C(O)C1O)NC(=O)CCCCCCCCCCCCCCCCCCCCCCCCCCCCOC(=O)CCCCCCCCCCCCC. The van der Waals surface area contributed by atoms with E-state index in [1.807, 2.05) is 6.08 Å². The first-order valence-electron chi connectivity index (χ1n) is 32.1. The van der Waals surface area contributed by atoms with Gasteiger partial charge >= 0.3 is 5.97 Å². The Kier molecular flexibility index (Phi) is 51.3. The summed E-state index contributed by atoms with van der Waals surface area (Å²) in [6, 6.07) is -0.824. The Morgan fingerprint density at radius 3 is 1.32 bits per heavy atom. The lowest BCUT2D eigenvalue weighted by molar-refractivity contribution is -0.302. The molecule has 7 atom stereocenters. The maximum atomic E-state index is 13.0. The summed E-state index contributed by atoms with van der Waals surface area (Å²) in [4.78, 5) is 25.0. The van der Waals surface area contributed by atoms with Gasteiger partial charge in [0.2, 0.25) is 5.91 Å². The van der Waals surface area contributed by atoms with Crippen LogP contribution >= 0.6 is 0 Å². The van der Waals surface area contributed by atoms with Crippen LogP contribution in [0.25, 0.3) is 0 Å². The number of esters is 1. The smallest absolute Gasteiger partial charge is 0.305 e. The number of allylic oxidation sites excluding steroid dienone is 3. The summed E-state index contributed by atoms with van der Waals surface area (Å²) >= 11 is 0. The van der Waals surface area contributed by atoms with Crippen molar-refractivity contribution in [3.63, 3.8) is 0 Å². The van der Waals surface area contributed by atoms with Gasteiger partial charge in [-0.15, -0.1) is 0 Å². The first kappa shape index (κ1) is 71.2. The fourth-order valence-corrected chi connectivity index (χ4v) is 10.2. The van der Waals surface area contributed by atoms with Crippen LogP contribution in [-0.4, -0.2) is 100 Å². The highest BCUT2D eigenvalue weighted by Crippen LogP contribution is 2.23. The number of hydrogen-bond acceptors (Lipinski definition) is 10. The Labute approximate surface area is 461 Å². The molecule has 0 aliphatic carbocycles. The molecule has 7 unspecified atom stereocenters. The third-order valence-corrected chi connectivity index (χ3v) is 15.3. The molecule has 0 aromatic carbocycles. The summed E-state index contributed by atoms with van der Waals surface area (Å²) in [6.07, 6.45) is 55.9. The Bertz CT molecular complexity index is 1300. The lowest BCUT2D eigenvalue weighted by Crippen LogP contribution is -2.60. The van der Waals surface area contributed by atoms with E-state index in [1.165, 1.54) is 225 Å². The second-order valence-corrected chi connectivity index (χ2v) is 22.5. The van der Waals surface area contributed by atoms with Crippen molar-refractivity contribution >= 4 is 11.9 Å². The third-order valence-electron chi connectivity index (χ3n) is 15.3. The summed E-state index contributed by atoms with van der Waals surface area (Å²) in [5.74, 6) is -0.184. The van der Waals surface area contributed by atoms with Crippen molar-refractivity contribution in [3.05, 3.63) is 24.3 Å². The molecule has 1 amide bonds. The van der Waals surface area contributed by atoms with Crippen LogP contribution in [0.2, 0.25) is 0 Å². The van der Waals surface area contributed by atoms with Gasteiger partial charge in [0.05, 0.1) is 32.0 Å². The minimum atomic E-state index is -1.57. The number of unbranched alkanes of at least 4 members (excludes halogenated alkanes) is 40. The minimum absolute atomic E-state index is 0.00675. The average Bonchev–Trinajstić information content (AvgIpc) is 3.41. The van der Waals surface area contributed by atoms with Crippen molar-refractivity contribution in [2.45, 2.75) is 352 Å². The molecule has 1 saturated heterocycles. The van der Waals surface area contributed by atoms with Gasteiger partial charge in [0.25, 0.3) is 0 Å². The molecule has 0 saturated carbocycles. The summed E-state index contributed by atoms with van der Waals surface area (Å²) in [7, 11) is 0. The summed E-state index contributed by atoms with van der Waals surface area (Å²) in [6.45, 7) is 4.31. The van der Waals surface area contributed by atoms with Crippen LogP contribution < -0.4 is 5.32 Å². The molecule has 0 bridgehead atoms. The Morgan fingerprint density at radius 1 is 0.480 bits per heavy atom. The standard InChI is InChI=1S/C64H121NO10/c1-3-5-7-9-11-13-31-36-40-44-48-52-60(69)73-53-49-45-41-37-33-30-28-26-24-22-20-18-16-15-17-19-21-23-25-27-29-32-35-39-43-47-51-59(68)65-56(55-74-64-63(72)62(71)61(70)58(54-66)75-64)57(67)50-46-42-38-34-14-12-10-8-6-4-2/h14,34,46,50,56-58,61-64,66-67,70-72H,3-13,15-33,35-45,47-49,51-55H2,1-2H3,(H,65,68)/b34-14+,50-46+. The van der Waals surface area contributed by atoms with Gasteiger partial charge in [0.15, 0.2) is 6.29 Å². The lowest BCUT2D eigenvalue weighted by Gasteiger charge is -2.40. The monoisotopic (exact) mass is 1060 g/mol. The zero-order valence-corrected chi connectivity index (χ0v) is 48.8. The van der Waals surface area contributed by atoms with Crippen molar-refractivity contribution in [1.29, 1.82) is 0 Å². The molecule has 1 fully saturated rings. The highest BCUT2D eigenvalue weighted by molar-refractivity contribution is 5.76. The molecule has 0 radical (unpaired) electrons. The van der Waals surface area contributed by atoms with E-state index in [0.717, 1.165) is 57.8 Å². The van der Waals surface area contributed by atoms with Crippen LogP contribution in [-0.2, 0) is 23.8 Å². The summed E-state index contributed by atoms with van der Waals surface area (Å²) in [5.41, 5.74) is 0. The molecule has 11 heteroatoms. The quantitative estimate of drug-likeness (QED) is 0.0195. The number of amides is 1. The Hall–Kier alpha value is -1.86. The lowest BCUT2D eigenvalue weighted by atomic mass is 9.99. The molecular formula is C64H121NO10. The van der Waals surface area contributed by atoms with Crippen molar-refractivity contribution < 1.29 is 49.3 Å². The number of rotatable bonds is 56. The third kappa shape index (κ3) is 43.7. The molecule has 442 valence electrons. The van der Waals surface area contributed by atoms with E-state index in [-0.39, 0.29) is 18.5 Å². The molecule has 1 rings (SSSR count). The van der Waals surface area contributed by atoms with Gasteiger partial charge in [-0.25, -0.2) is 0 Å². The number of ether oxygens (including phenoxy) is 3. The topological polar surface area (TPSA) is 175 Å². The molecule has 1 aliphatic rings. The number of aliphatic hydroxyl groups excluding tert-OH is 5. The van der Waals surface area contributed by atoms with Crippen LogP contribution in [0.15, 0.2) is 24.3 Å². The van der Waals surface area contributed by atoms with Gasteiger partial charge < -0.3 is 45.1 Å². The number of carbonyl (C=O) groups is 2. The second-order valence-electron chi connectivity index (χ2n) is 22.5. The number of carbonyl (C=O) groups excluding carboxylic acids is 2. The fourth-order valence-electron chi connectivity index (χ4n) is 10.2. The normalized spacial score (nSPS) is 18.8. The first-order chi connectivity index (χ1) is 36.7. The van der Waals surface area contributed by atoms with Crippen molar-refractivity contribution in [1.82, 2.24) is 5.32 Å². The van der Waals surface area contributed by atoms with Gasteiger partial charge in [-0.1, -0.05) is 276 Å². The zero-order valence-electron chi connectivity index (χ0n) is 48.8. The average molecular weight is 1060 g/mol. The maximum absolute atomic E-state index is 13.0. The fraction of sp³-hybridized carbons (Fsp3) is 0.906. The molecule has 0 spiro atoms. The van der Waals surface area contributed by atoms with Crippen LogP contribution in [0.3, 0.4) is 0 Å². The van der Waals surface area contributed by atoms with E-state index in [1.54, 1.807) is 6.08 Å². The first-order valence-corrected chi connectivity index (χ1v) is 32.1. The maximum Gasteiger partial charge on any atom is 0.305 e. The van der Waals surface area contributed by atoms with Crippen LogP contribution in [0, 0.1) is 0 Å². The van der Waals surface area contributed by atoms with Crippen molar-refractivity contribution in [2.75, 3.05) is 19.8 Å². The minimum Gasteiger partial charge on any atom is -0.466 e. The van der Waals surface area contributed by atoms with E-state index in [0.29, 0.717) is 19.4 Å². The van der Waals surface area contributed by atoms with Gasteiger partial charge in [-0.05, 0) is 44.9 Å². The molecule has 0 aromatic heterocycles. The Balaban J connectivity index is 1.97. The highest BCUT2D eigenvalue weighted by atomic mass is 16.7. The largest absolute Gasteiger partial charge is 0.466 e. The van der Waals surface area contributed by atoms with Gasteiger partial charge in [-0.3, -0.25) is 9.59 Å². The molecule has 1 heterocycles. The molecule has 11 nitrogen and oxygen atoms in total. The molecule has 0 aromatic rings. The van der Waals surface area contributed by atoms with Gasteiger partial charge in [0.1, 0.15) is 24.4 Å². The predicted molar refractivity (Wildman–Crippen MR) is 311 cm³/mol. The van der Waals surface area contributed by atoms with Crippen LogP contribution in [0.4, 0.5) is 0 Å². The molecule has 1 aliphatic heterocycles. The van der Waals surface area contributed by atoms with Crippen LogP contribution in [0.5, 0.6) is 0 Å². The van der Waals surface area contributed by atoms with E-state index in [4.69, 9.17) is 14.2 Å². The Morgan fingerprint density at radius 2 is 0.867 bits per heavy atom. The van der Waals surface area contributed by atoms with Crippen molar-refractivity contribution in [2.24, 2.45) is 0 Å². The number of hydrogen-bond donors (Lipinski definition) is 6. The van der Waals surface area contributed by atoms with E-state index >= 15 is 0 Å². The summed E-state index contributed by atoms with van der Waals surface area (Å²) in [5, 5.41) is 54.3. The van der Waals surface area contributed by atoms with Gasteiger partial charge in [-0.2, -0.15) is 0 Å². The van der Waals surface area contributed by atoms with Gasteiger partial charge in [0, 0.05) is 12.8 Å². The highest BCUT2D eigenvalue weighted by Gasteiger charge is 2.44. The van der Waals surface area contributed by atoms with Crippen molar-refractivity contribution in [3.8, 4) is 0 Å². The second kappa shape index (κ2) is 54.1. The van der Waals surface area contributed by atoms with E-state index in [9.17, 15) is 35.1 Å². The number of nitrogens with one attached hydrogen (secondary N) is 1. The summed E-state index contributed by atoms with van der Waals surface area (Å²) < 4.78 is 16.7. The molecular weight excluding hydrogens is 943 g/mol. The van der Waals surface area contributed by atoms with E-state index < -0.39 is 49.5 Å². The predicted octanol–water partition coefficient (Wildman–Crippen LogP) is 15.3.